The molecule has 0 aromatic carbocycles. The highest BCUT2D eigenvalue weighted by Gasteiger charge is 2.12. The number of hydrogen-bond donors (Lipinski definition) is 3. The number of aryl methyl sites for hydroxylation is 2. The largest absolute Gasteiger partial charge is 0.320 e. The van der Waals surface area contributed by atoms with E-state index in [1.807, 2.05) is 13.8 Å². The minimum Gasteiger partial charge on any atom is -0.320 e. The normalized spacial score (nSPS) is 9.75. The first-order chi connectivity index (χ1) is 9.61. The molecular weight excluding hydrogens is 254 g/mol. The highest BCUT2D eigenvalue weighted by Crippen LogP contribution is 2.17. The van der Waals surface area contributed by atoms with E-state index < -0.39 is 0 Å². The Morgan fingerprint density at radius 3 is 2.90 bits per heavy atom. The van der Waals surface area contributed by atoms with Gasteiger partial charge in [-0.05, 0) is 19.9 Å². The molecule has 0 spiro atoms. The van der Waals surface area contributed by atoms with Crippen LogP contribution in [-0.4, -0.2) is 27.6 Å². The van der Waals surface area contributed by atoms with Gasteiger partial charge < -0.3 is 11.1 Å². The second-order valence-electron chi connectivity index (χ2n) is 4.23. The van der Waals surface area contributed by atoms with E-state index in [1.54, 1.807) is 12.3 Å². The maximum absolute atomic E-state index is 12.2. The van der Waals surface area contributed by atoms with Crippen LogP contribution in [0.2, 0.25) is 0 Å². The average Bonchev–Trinajstić information content (AvgIpc) is 2.77. The van der Waals surface area contributed by atoms with E-state index in [2.05, 4.69) is 32.3 Å². The molecule has 4 N–H and O–H groups in total. The van der Waals surface area contributed by atoms with Gasteiger partial charge in [0.05, 0.1) is 29.2 Å². The SMILES string of the molecule is Cc1n[nH]c(C)c1NC(=O)c1cncc(C#CCN)c1. The molecule has 0 unspecified atom stereocenters. The lowest BCUT2D eigenvalue weighted by Crippen LogP contribution is -2.13. The Morgan fingerprint density at radius 1 is 1.45 bits per heavy atom. The summed E-state index contributed by atoms with van der Waals surface area (Å²) in [6, 6.07) is 1.68. The molecule has 6 nitrogen and oxygen atoms in total. The fourth-order valence-electron chi connectivity index (χ4n) is 1.71. The number of nitrogens with one attached hydrogen (secondary N) is 2. The lowest BCUT2D eigenvalue weighted by molar-refractivity contribution is 0.102. The van der Waals surface area contributed by atoms with Crippen LogP contribution in [0.5, 0.6) is 0 Å². The lowest BCUT2D eigenvalue weighted by Gasteiger charge is -2.05. The van der Waals surface area contributed by atoms with Gasteiger partial charge in [0, 0.05) is 18.0 Å². The number of rotatable bonds is 2. The van der Waals surface area contributed by atoms with Crippen LogP contribution in [0.15, 0.2) is 18.5 Å². The van der Waals surface area contributed by atoms with Crippen molar-refractivity contribution in [3.05, 3.63) is 41.0 Å². The summed E-state index contributed by atoms with van der Waals surface area (Å²) in [6.07, 6.45) is 3.08. The molecule has 1 amide bonds. The highest BCUT2D eigenvalue weighted by atomic mass is 16.1. The summed E-state index contributed by atoms with van der Waals surface area (Å²) in [5.41, 5.74) is 8.64. The van der Waals surface area contributed by atoms with E-state index in [0.717, 1.165) is 11.4 Å². The standard InChI is InChI=1S/C14H15N5O/c1-9-13(10(2)19-18-9)17-14(20)12-6-11(4-3-5-15)7-16-8-12/h6-8H,5,15H2,1-2H3,(H,17,20)(H,18,19). The number of carbonyl (C=O) groups excluding carboxylic acids is 1. The van der Waals surface area contributed by atoms with Gasteiger partial charge in [-0.1, -0.05) is 11.8 Å². The zero-order valence-corrected chi connectivity index (χ0v) is 11.3. The number of aromatic amines is 1. The number of amides is 1. The Balaban J connectivity index is 2.21. The molecule has 0 aliphatic carbocycles. The first kappa shape index (κ1) is 13.8. The van der Waals surface area contributed by atoms with Crippen LogP contribution in [0.3, 0.4) is 0 Å². The third-order valence-electron chi connectivity index (χ3n) is 2.70. The van der Waals surface area contributed by atoms with Crippen LogP contribution in [0.1, 0.15) is 27.3 Å². The Morgan fingerprint density at radius 2 is 2.25 bits per heavy atom. The second-order valence-corrected chi connectivity index (χ2v) is 4.23. The third kappa shape index (κ3) is 3.02. The maximum atomic E-state index is 12.2. The quantitative estimate of drug-likeness (QED) is 0.708. The molecule has 2 rings (SSSR count). The van der Waals surface area contributed by atoms with Gasteiger partial charge in [-0.15, -0.1) is 0 Å². The first-order valence-corrected chi connectivity index (χ1v) is 6.08. The van der Waals surface area contributed by atoms with Crippen molar-refractivity contribution in [3.8, 4) is 11.8 Å². The van der Waals surface area contributed by atoms with Crippen LogP contribution in [0, 0.1) is 25.7 Å². The van der Waals surface area contributed by atoms with Crippen LogP contribution in [0.4, 0.5) is 5.69 Å². The monoisotopic (exact) mass is 269 g/mol. The van der Waals surface area contributed by atoms with Gasteiger partial charge in [-0.25, -0.2) is 0 Å². The molecule has 20 heavy (non-hydrogen) atoms. The van der Waals surface area contributed by atoms with E-state index >= 15 is 0 Å². The van der Waals surface area contributed by atoms with Gasteiger partial charge in [0.15, 0.2) is 0 Å². The molecule has 0 aliphatic rings. The smallest absolute Gasteiger partial charge is 0.257 e. The Hall–Kier alpha value is -2.65. The number of carbonyl (C=O) groups is 1. The number of anilines is 1. The lowest BCUT2D eigenvalue weighted by atomic mass is 10.2. The predicted molar refractivity (Wildman–Crippen MR) is 76.2 cm³/mol. The zero-order valence-electron chi connectivity index (χ0n) is 11.3. The fourth-order valence-corrected chi connectivity index (χ4v) is 1.71. The number of aromatic nitrogens is 3. The van der Waals surface area contributed by atoms with Gasteiger partial charge in [-0.2, -0.15) is 5.10 Å². The Kier molecular flexibility index (Phi) is 4.13. The molecule has 0 fully saturated rings. The minimum atomic E-state index is -0.249. The van der Waals surface area contributed by atoms with Crippen molar-refractivity contribution in [2.45, 2.75) is 13.8 Å². The number of H-pyrrole nitrogens is 1. The van der Waals surface area contributed by atoms with Crippen LogP contribution in [0.25, 0.3) is 0 Å². The summed E-state index contributed by atoms with van der Waals surface area (Å²) < 4.78 is 0. The van der Waals surface area contributed by atoms with E-state index in [9.17, 15) is 4.79 Å². The van der Waals surface area contributed by atoms with Gasteiger partial charge in [0.1, 0.15) is 0 Å². The van der Waals surface area contributed by atoms with Crippen molar-refractivity contribution in [2.24, 2.45) is 5.73 Å². The summed E-state index contributed by atoms with van der Waals surface area (Å²) in [5, 5.41) is 9.66. The molecule has 0 bridgehead atoms. The molecule has 0 atom stereocenters. The summed E-state index contributed by atoms with van der Waals surface area (Å²) in [5.74, 6) is 5.32. The minimum absolute atomic E-state index is 0.249. The van der Waals surface area contributed by atoms with E-state index in [4.69, 9.17) is 5.73 Å². The number of hydrogen-bond acceptors (Lipinski definition) is 4. The van der Waals surface area contributed by atoms with Crippen molar-refractivity contribution in [1.82, 2.24) is 15.2 Å². The average molecular weight is 269 g/mol. The third-order valence-corrected chi connectivity index (χ3v) is 2.70. The zero-order chi connectivity index (χ0) is 14.5. The van der Waals surface area contributed by atoms with Crippen molar-refractivity contribution < 1.29 is 4.79 Å². The molecule has 2 aromatic rings. The second kappa shape index (κ2) is 5.99. The molecule has 2 heterocycles. The number of nitrogens with two attached hydrogens (primary N) is 1. The fraction of sp³-hybridized carbons (Fsp3) is 0.214. The van der Waals surface area contributed by atoms with Crippen molar-refractivity contribution in [1.29, 1.82) is 0 Å². The molecule has 0 aliphatic heterocycles. The molecule has 0 saturated heterocycles. The molecule has 2 aromatic heterocycles. The summed E-state index contributed by atoms with van der Waals surface area (Å²) >= 11 is 0. The molecular formula is C14H15N5O. The summed E-state index contributed by atoms with van der Waals surface area (Å²) in [6.45, 7) is 3.93. The number of pyridine rings is 1. The maximum Gasteiger partial charge on any atom is 0.257 e. The van der Waals surface area contributed by atoms with Crippen molar-refractivity contribution >= 4 is 11.6 Å². The number of nitrogens with zero attached hydrogens (tertiary/aromatic N) is 2. The van der Waals surface area contributed by atoms with E-state index in [-0.39, 0.29) is 12.5 Å². The first-order valence-electron chi connectivity index (χ1n) is 6.08. The predicted octanol–water partition coefficient (Wildman–Crippen LogP) is 0.984. The van der Waals surface area contributed by atoms with E-state index in [0.29, 0.717) is 16.8 Å². The van der Waals surface area contributed by atoms with E-state index in [1.165, 1.54) is 6.20 Å². The van der Waals surface area contributed by atoms with Crippen LogP contribution in [-0.2, 0) is 0 Å². The van der Waals surface area contributed by atoms with Gasteiger partial charge in [0.2, 0.25) is 0 Å². The summed E-state index contributed by atoms with van der Waals surface area (Å²) in [4.78, 5) is 16.2. The Bertz CT molecular complexity index is 674. The topological polar surface area (TPSA) is 96.7 Å². The van der Waals surface area contributed by atoms with Crippen LogP contribution < -0.4 is 11.1 Å². The summed E-state index contributed by atoms with van der Waals surface area (Å²) in [7, 11) is 0. The Labute approximate surface area is 116 Å². The molecule has 102 valence electrons. The van der Waals surface area contributed by atoms with Gasteiger partial charge >= 0.3 is 0 Å². The molecule has 6 heteroatoms. The highest BCUT2D eigenvalue weighted by molar-refractivity contribution is 6.04. The van der Waals surface area contributed by atoms with Crippen molar-refractivity contribution in [3.63, 3.8) is 0 Å². The van der Waals surface area contributed by atoms with Crippen molar-refractivity contribution in [2.75, 3.05) is 11.9 Å². The molecule has 0 saturated carbocycles. The van der Waals surface area contributed by atoms with Gasteiger partial charge in [0.25, 0.3) is 5.91 Å². The molecule has 0 radical (unpaired) electrons. The van der Waals surface area contributed by atoms with Gasteiger partial charge in [-0.3, -0.25) is 14.9 Å². The van der Waals surface area contributed by atoms with Crippen LogP contribution >= 0.6 is 0 Å².